The summed E-state index contributed by atoms with van der Waals surface area (Å²) in [6.45, 7) is 16.9. The summed E-state index contributed by atoms with van der Waals surface area (Å²) in [5.74, 6) is 0.556. The number of nitrogens with one attached hydrogen (secondary N) is 1. The summed E-state index contributed by atoms with van der Waals surface area (Å²) in [5, 5.41) is 12.3. The first kappa shape index (κ1) is 26.4. The van der Waals surface area contributed by atoms with Crippen molar-refractivity contribution in [3.63, 3.8) is 0 Å². The molecule has 0 bridgehead atoms. The SMILES string of the molecule is C=C/C(O)=C(\C=C/C)OC(/C=C\C)=C(/C=C\C)NC=O.CC.CC. The highest BCUT2D eigenvalue weighted by Crippen LogP contribution is 2.16. The summed E-state index contributed by atoms with van der Waals surface area (Å²) in [6.07, 6.45) is 12.1. The van der Waals surface area contributed by atoms with Crippen molar-refractivity contribution in [2.45, 2.75) is 48.5 Å². The van der Waals surface area contributed by atoms with Crippen LogP contribution in [0.2, 0.25) is 0 Å². The van der Waals surface area contributed by atoms with Crippen molar-refractivity contribution in [1.29, 1.82) is 0 Å². The monoisotopic (exact) mass is 335 g/mol. The Morgan fingerprint density at radius 1 is 0.917 bits per heavy atom. The molecular formula is C20H33NO3. The first-order valence-electron chi connectivity index (χ1n) is 8.20. The van der Waals surface area contributed by atoms with Gasteiger partial charge in [-0.25, -0.2) is 0 Å². The first-order chi connectivity index (χ1) is 11.6. The van der Waals surface area contributed by atoms with E-state index >= 15 is 0 Å². The van der Waals surface area contributed by atoms with Gasteiger partial charge in [0.15, 0.2) is 17.3 Å². The van der Waals surface area contributed by atoms with Crippen molar-refractivity contribution in [2.24, 2.45) is 0 Å². The summed E-state index contributed by atoms with van der Waals surface area (Å²) in [6, 6.07) is 0. The molecule has 24 heavy (non-hydrogen) atoms. The van der Waals surface area contributed by atoms with E-state index in [1.54, 1.807) is 43.4 Å². The third-order valence-corrected chi connectivity index (χ3v) is 2.12. The predicted molar refractivity (Wildman–Crippen MR) is 104 cm³/mol. The molecule has 0 unspecified atom stereocenters. The van der Waals surface area contributed by atoms with Gasteiger partial charge in [0.25, 0.3) is 0 Å². The standard InChI is InChI=1S/C16H21NO3.2C2H6/c1-5-9-13(17-12-18)15(10-6-2)20-16(11-7-3)14(19)8-4;2*1-2/h5-12,19H,4H2,1-3H3,(H,17,18);2*1-2H3/b9-5-,10-6-,11-7-,15-13-,16-14-;;. The molecule has 4 nitrogen and oxygen atoms in total. The number of hydrogen-bond acceptors (Lipinski definition) is 3. The highest BCUT2D eigenvalue weighted by atomic mass is 16.5. The van der Waals surface area contributed by atoms with Gasteiger partial charge in [-0.15, -0.1) is 0 Å². The fraction of sp³-hybridized carbons (Fsp3) is 0.350. The van der Waals surface area contributed by atoms with E-state index in [0.717, 1.165) is 0 Å². The number of carbonyl (C=O) groups excluding carboxylic acids is 1. The van der Waals surface area contributed by atoms with E-state index in [9.17, 15) is 9.90 Å². The maximum absolute atomic E-state index is 10.6. The largest absolute Gasteiger partial charge is 0.504 e. The third-order valence-electron chi connectivity index (χ3n) is 2.12. The Kier molecular flexibility index (Phi) is 22.6. The zero-order valence-electron chi connectivity index (χ0n) is 16.1. The van der Waals surface area contributed by atoms with E-state index in [0.29, 0.717) is 17.9 Å². The van der Waals surface area contributed by atoms with E-state index in [1.165, 1.54) is 6.08 Å². The molecule has 0 aliphatic heterocycles. The second-order valence-corrected chi connectivity index (χ2v) is 3.60. The molecule has 136 valence electrons. The summed E-state index contributed by atoms with van der Waals surface area (Å²) in [4.78, 5) is 10.6. The summed E-state index contributed by atoms with van der Waals surface area (Å²) >= 11 is 0. The molecule has 1 amide bonds. The Bertz CT molecular complexity index is 481. The van der Waals surface area contributed by atoms with Gasteiger partial charge in [0.2, 0.25) is 6.41 Å². The summed E-state index contributed by atoms with van der Waals surface area (Å²) in [7, 11) is 0. The quantitative estimate of drug-likeness (QED) is 0.340. The fourth-order valence-electron chi connectivity index (χ4n) is 1.30. The zero-order chi connectivity index (χ0) is 19.4. The van der Waals surface area contributed by atoms with Gasteiger partial charge in [-0.2, -0.15) is 0 Å². The Balaban J connectivity index is -0.00000102. The maximum Gasteiger partial charge on any atom is 0.211 e. The van der Waals surface area contributed by atoms with Gasteiger partial charge < -0.3 is 15.2 Å². The molecule has 0 aromatic carbocycles. The second kappa shape index (κ2) is 20.5. The Morgan fingerprint density at radius 3 is 1.75 bits per heavy atom. The Morgan fingerprint density at radius 2 is 1.38 bits per heavy atom. The molecule has 0 atom stereocenters. The lowest BCUT2D eigenvalue weighted by atomic mass is 10.3. The van der Waals surface area contributed by atoms with E-state index in [2.05, 4.69) is 11.9 Å². The van der Waals surface area contributed by atoms with Crippen LogP contribution in [0.5, 0.6) is 0 Å². The van der Waals surface area contributed by atoms with Gasteiger partial charge in [-0.1, -0.05) is 52.5 Å². The van der Waals surface area contributed by atoms with Crippen LogP contribution in [-0.2, 0) is 9.53 Å². The molecule has 0 aromatic heterocycles. The molecule has 0 aliphatic rings. The summed E-state index contributed by atoms with van der Waals surface area (Å²) in [5.41, 5.74) is 0.486. The van der Waals surface area contributed by atoms with Crippen LogP contribution in [-0.4, -0.2) is 11.5 Å². The van der Waals surface area contributed by atoms with Crippen LogP contribution in [0.3, 0.4) is 0 Å². The maximum atomic E-state index is 10.6. The summed E-state index contributed by atoms with van der Waals surface area (Å²) < 4.78 is 5.64. The van der Waals surface area contributed by atoms with Gasteiger partial charge >= 0.3 is 0 Å². The van der Waals surface area contributed by atoms with Gasteiger partial charge in [0.1, 0.15) is 0 Å². The first-order valence-corrected chi connectivity index (χ1v) is 8.20. The highest BCUT2D eigenvalue weighted by molar-refractivity contribution is 5.53. The molecule has 2 N–H and O–H groups in total. The average molecular weight is 335 g/mol. The molecule has 0 fully saturated rings. The minimum absolute atomic E-state index is 0.0870. The lowest BCUT2D eigenvalue weighted by Gasteiger charge is -2.12. The van der Waals surface area contributed by atoms with Crippen LogP contribution >= 0.6 is 0 Å². The number of rotatable bonds is 8. The van der Waals surface area contributed by atoms with Crippen molar-refractivity contribution in [1.82, 2.24) is 5.32 Å². The van der Waals surface area contributed by atoms with Crippen molar-refractivity contribution in [3.8, 4) is 0 Å². The molecule has 0 aliphatic carbocycles. The van der Waals surface area contributed by atoms with Gasteiger partial charge in [-0.3, -0.25) is 4.79 Å². The molecule has 0 spiro atoms. The molecule has 0 radical (unpaired) electrons. The van der Waals surface area contributed by atoms with Crippen LogP contribution in [0.1, 0.15) is 48.5 Å². The topological polar surface area (TPSA) is 58.6 Å². The molecule has 0 saturated heterocycles. The molecule has 4 heteroatoms. The second-order valence-electron chi connectivity index (χ2n) is 3.60. The number of carbonyl (C=O) groups is 1. The number of aliphatic hydroxyl groups is 1. The lowest BCUT2D eigenvalue weighted by molar-refractivity contribution is -0.108. The third kappa shape index (κ3) is 12.1. The van der Waals surface area contributed by atoms with Crippen molar-refractivity contribution >= 4 is 6.41 Å². The number of ether oxygens (including phenoxy) is 1. The minimum Gasteiger partial charge on any atom is -0.504 e. The Labute approximate surface area is 147 Å². The fourth-order valence-corrected chi connectivity index (χ4v) is 1.30. The zero-order valence-corrected chi connectivity index (χ0v) is 16.1. The van der Waals surface area contributed by atoms with Crippen molar-refractivity contribution < 1.29 is 14.6 Å². The Hall–Kier alpha value is -2.49. The van der Waals surface area contributed by atoms with Gasteiger partial charge in [0, 0.05) is 0 Å². The number of aliphatic hydroxyl groups excluding tert-OH is 1. The minimum atomic E-state index is -0.0870. The molecular weight excluding hydrogens is 302 g/mol. The average Bonchev–Trinajstić information content (AvgIpc) is 2.63. The number of hydrogen-bond donors (Lipinski definition) is 2. The highest BCUT2D eigenvalue weighted by Gasteiger charge is 2.07. The van der Waals surface area contributed by atoms with E-state index in [1.807, 2.05) is 41.5 Å². The van der Waals surface area contributed by atoms with Crippen molar-refractivity contribution in [2.75, 3.05) is 0 Å². The number of amides is 1. The lowest BCUT2D eigenvalue weighted by Crippen LogP contribution is -2.12. The molecule has 0 rings (SSSR count). The van der Waals surface area contributed by atoms with E-state index in [-0.39, 0.29) is 11.5 Å². The van der Waals surface area contributed by atoms with Crippen LogP contribution in [0, 0.1) is 0 Å². The molecule has 0 saturated carbocycles. The van der Waals surface area contributed by atoms with E-state index < -0.39 is 0 Å². The molecule has 0 heterocycles. The normalized spacial score (nSPS) is 12.5. The van der Waals surface area contributed by atoms with Crippen LogP contribution in [0.25, 0.3) is 0 Å². The van der Waals surface area contributed by atoms with Gasteiger partial charge in [-0.05, 0) is 45.1 Å². The van der Waals surface area contributed by atoms with Crippen LogP contribution in [0.4, 0.5) is 0 Å². The van der Waals surface area contributed by atoms with Crippen molar-refractivity contribution in [3.05, 3.63) is 72.1 Å². The van der Waals surface area contributed by atoms with Crippen LogP contribution in [0.15, 0.2) is 72.1 Å². The smallest absolute Gasteiger partial charge is 0.211 e. The van der Waals surface area contributed by atoms with Crippen LogP contribution < -0.4 is 5.32 Å². The van der Waals surface area contributed by atoms with Gasteiger partial charge in [0.05, 0.1) is 5.70 Å². The molecule has 0 aromatic rings. The van der Waals surface area contributed by atoms with E-state index in [4.69, 9.17) is 4.74 Å². The number of allylic oxidation sites excluding steroid dienone is 7. The predicted octanol–water partition coefficient (Wildman–Crippen LogP) is 5.70.